The predicted octanol–water partition coefficient (Wildman–Crippen LogP) is 4.02. The summed E-state index contributed by atoms with van der Waals surface area (Å²) in [4.78, 5) is 0. The van der Waals surface area contributed by atoms with Crippen molar-refractivity contribution in [2.24, 2.45) is 0 Å². The van der Waals surface area contributed by atoms with Gasteiger partial charge in [0.25, 0.3) is 0 Å². The van der Waals surface area contributed by atoms with E-state index in [0.717, 1.165) is 11.3 Å². The molecule has 2 N–H and O–H groups in total. The highest BCUT2D eigenvalue weighted by molar-refractivity contribution is 6.30. The third-order valence-electron chi connectivity index (χ3n) is 2.29. The third kappa shape index (κ3) is 2.28. The van der Waals surface area contributed by atoms with Crippen molar-refractivity contribution in [1.82, 2.24) is 0 Å². The average Bonchev–Trinajstić information content (AvgIpc) is 2.27. The minimum atomic E-state index is 0.613. The maximum atomic E-state index is 5.91. The standard InChI is InChI=1S/C13H12ClNO/c1-9-6-7-10(14)8-13(9)16-12-5-3-2-4-11(12)15/h2-8H,15H2,1H3. The van der Waals surface area contributed by atoms with Gasteiger partial charge in [0.1, 0.15) is 11.5 Å². The molecule has 0 amide bonds. The molecule has 0 unspecified atom stereocenters. The Morgan fingerprint density at radius 2 is 1.81 bits per heavy atom. The number of hydrogen-bond donors (Lipinski definition) is 1. The summed E-state index contributed by atoms with van der Waals surface area (Å²) in [6.07, 6.45) is 0. The molecule has 0 spiro atoms. The van der Waals surface area contributed by atoms with Gasteiger partial charge in [0.15, 0.2) is 0 Å². The minimum absolute atomic E-state index is 0.613. The summed E-state index contributed by atoms with van der Waals surface area (Å²) in [7, 11) is 0. The lowest BCUT2D eigenvalue weighted by Crippen LogP contribution is -1.92. The Kier molecular flexibility index (Phi) is 3.02. The molecule has 82 valence electrons. The molecule has 3 heteroatoms. The molecule has 0 aliphatic rings. The smallest absolute Gasteiger partial charge is 0.150 e. The maximum absolute atomic E-state index is 5.91. The van der Waals surface area contributed by atoms with Gasteiger partial charge in [-0.05, 0) is 36.8 Å². The van der Waals surface area contributed by atoms with Crippen molar-refractivity contribution in [3.8, 4) is 11.5 Å². The van der Waals surface area contributed by atoms with Gasteiger partial charge in [-0.25, -0.2) is 0 Å². The number of ether oxygens (including phenoxy) is 1. The number of anilines is 1. The Morgan fingerprint density at radius 1 is 1.06 bits per heavy atom. The fourth-order valence-corrected chi connectivity index (χ4v) is 1.54. The summed E-state index contributed by atoms with van der Waals surface area (Å²) in [6.45, 7) is 1.96. The van der Waals surface area contributed by atoms with Gasteiger partial charge in [-0.15, -0.1) is 0 Å². The zero-order valence-corrected chi connectivity index (χ0v) is 9.66. The van der Waals surface area contributed by atoms with Gasteiger partial charge in [-0.2, -0.15) is 0 Å². The molecule has 0 radical (unpaired) electrons. The normalized spacial score (nSPS) is 10.1. The van der Waals surface area contributed by atoms with Crippen LogP contribution >= 0.6 is 11.6 Å². The number of benzene rings is 2. The van der Waals surface area contributed by atoms with Crippen LogP contribution in [0.3, 0.4) is 0 Å². The van der Waals surface area contributed by atoms with Crippen molar-refractivity contribution >= 4 is 17.3 Å². The molecule has 0 saturated carbocycles. The molecule has 16 heavy (non-hydrogen) atoms. The Hall–Kier alpha value is -1.67. The van der Waals surface area contributed by atoms with E-state index in [1.165, 1.54) is 0 Å². The third-order valence-corrected chi connectivity index (χ3v) is 2.52. The Bertz CT molecular complexity index is 511. The summed E-state index contributed by atoms with van der Waals surface area (Å²) in [5.41, 5.74) is 7.43. The van der Waals surface area contributed by atoms with E-state index >= 15 is 0 Å². The van der Waals surface area contributed by atoms with Crippen molar-refractivity contribution in [1.29, 1.82) is 0 Å². The van der Waals surface area contributed by atoms with E-state index < -0.39 is 0 Å². The zero-order chi connectivity index (χ0) is 11.5. The Labute approximate surface area is 99.6 Å². The summed E-state index contributed by atoms with van der Waals surface area (Å²) in [6, 6.07) is 12.9. The summed E-state index contributed by atoms with van der Waals surface area (Å²) in [5, 5.41) is 0.648. The summed E-state index contributed by atoms with van der Waals surface area (Å²) in [5.74, 6) is 1.37. The van der Waals surface area contributed by atoms with Gasteiger partial charge in [-0.3, -0.25) is 0 Å². The second kappa shape index (κ2) is 4.45. The van der Waals surface area contributed by atoms with E-state index in [9.17, 15) is 0 Å². The van der Waals surface area contributed by atoms with Gasteiger partial charge in [0.2, 0.25) is 0 Å². The van der Waals surface area contributed by atoms with E-state index in [-0.39, 0.29) is 0 Å². The van der Waals surface area contributed by atoms with Crippen LogP contribution in [0.15, 0.2) is 42.5 Å². The largest absolute Gasteiger partial charge is 0.455 e. The summed E-state index contributed by atoms with van der Waals surface area (Å²) < 4.78 is 5.71. The molecule has 2 aromatic rings. The number of para-hydroxylation sites is 2. The molecule has 0 fully saturated rings. The van der Waals surface area contributed by atoms with E-state index in [2.05, 4.69) is 0 Å². The first kappa shape index (κ1) is 10.8. The van der Waals surface area contributed by atoms with Gasteiger partial charge in [-0.1, -0.05) is 29.8 Å². The van der Waals surface area contributed by atoms with Crippen molar-refractivity contribution in [3.63, 3.8) is 0 Å². The number of halogens is 1. The van der Waals surface area contributed by atoms with Crippen LogP contribution in [0.5, 0.6) is 11.5 Å². The quantitative estimate of drug-likeness (QED) is 0.795. The number of nitrogen functional groups attached to an aromatic ring is 1. The van der Waals surface area contributed by atoms with Crippen molar-refractivity contribution in [2.75, 3.05) is 5.73 Å². The van der Waals surface area contributed by atoms with Gasteiger partial charge in [0, 0.05) is 5.02 Å². The summed E-state index contributed by atoms with van der Waals surface area (Å²) >= 11 is 5.91. The van der Waals surface area contributed by atoms with Crippen LogP contribution in [0.1, 0.15) is 5.56 Å². The first-order valence-electron chi connectivity index (χ1n) is 4.95. The highest BCUT2D eigenvalue weighted by Crippen LogP contribution is 2.30. The number of nitrogens with two attached hydrogens (primary N) is 1. The monoisotopic (exact) mass is 233 g/mol. The fourth-order valence-electron chi connectivity index (χ4n) is 1.38. The molecule has 0 bridgehead atoms. The van der Waals surface area contributed by atoms with Gasteiger partial charge < -0.3 is 10.5 Å². The molecule has 2 aromatic carbocycles. The molecule has 0 atom stereocenters. The van der Waals surface area contributed by atoms with Crippen LogP contribution in [-0.2, 0) is 0 Å². The van der Waals surface area contributed by atoms with E-state index in [4.69, 9.17) is 22.1 Å². The van der Waals surface area contributed by atoms with Crippen molar-refractivity contribution in [2.45, 2.75) is 6.92 Å². The van der Waals surface area contributed by atoms with Crippen LogP contribution in [-0.4, -0.2) is 0 Å². The molecule has 0 aliphatic carbocycles. The van der Waals surface area contributed by atoms with Gasteiger partial charge >= 0.3 is 0 Å². The van der Waals surface area contributed by atoms with E-state index in [1.54, 1.807) is 12.1 Å². The fraction of sp³-hybridized carbons (Fsp3) is 0.0769. The van der Waals surface area contributed by atoms with Crippen LogP contribution in [0, 0.1) is 6.92 Å². The number of rotatable bonds is 2. The van der Waals surface area contributed by atoms with Crippen molar-refractivity contribution in [3.05, 3.63) is 53.1 Å². The van der Waals surface area contributed by atoms with Crippen LogP contribution in [0.2, 0.25) is 5.02 Å². The number of hydrogen-bond acceptors (Lipinski definition) is 2. The van der Waals surface area contributed by atoms with Crippen LogP contribution in [0.25, 0.3) is 0 Å². The lowest BCUT2D eigenvalue weighted by Gasteiger charge is -2.10. The highest BCUT2D eigenvalue weighted by Gasteiger charge is 2.04. The second-order valence-electron chi connectivity index (χ2n) is 3.55. The lowest BCUT2D eigenvalue weighted by molar-refractivity contribution is 0.481. The number of aryl methyl sites for hydroxylation is 1. The van der Waals surface area contributed by atoms with E-state index in [1.807, 2.05) is 37.3 Å². The average molecular weight is 234 g/mol. The van der Waals surface area contributed by atoms with Crippen molar-refractivity contribution < 1.29 is 4.74 Å². The minimum Gasteiger partial charge on any atom is -0.455 e. The van der Waals surface area contributed by atoms with Crippen LogP contribution in [0.4, 0.5) is 5.69 Å². The Morgan fingerprint density at radius 3 is 2.56 bits per heavy atom. The SMILES string of the molecule is Cc1ccc(Cl)cc1Oc1ccccc1N. The molecule has 2 nitrogen and oxygen atoms in total. The van der Waals surface area contributed by atoms with Gasteiger partial charge in [0.05, 0.1) is 5.69 Å². The topological polar surface area (TPSA) is 35.2 Å². The molecule has 0 heterocycles. The first-order chi connectivity index (χ1) is 7.66. The highest BCUT2D eigenvalue weighted by atomic mass is 35.5. The molecular formula is C13H12ClNO. The van der Waals surface area contributed by atoms with Crippen LogP contribution < -0.4 is 10.5 Å². The molecule has 0 aliphatic heterocycles. The molecule has 0 saturated heterocycles. The Balaban J connectivity index is 2.34. The second-order valence-corrected chi connectivity index (χ2v) is 3.99. The zero-order valence-electron chi connectivity index (χ0n) is 8.91. The lowest BCUT2D eigenvalue weighted by atomic mass is 10.2. The molecule has 2 rings (SSSR count). The molecule has 0 aromatic heterocycles. The van der Waals surface area contributed by atoms with E-state index in [0.29, 0.717) is 16.5 Å². The molecular weight excluding hydrogens is 222 g/mol. The maximum Gasteiger partial charge on any atom is 0.150 e. The first-order valence-corrected chi connectivity index (χ1v) is 5.33. The predicted molar refractivity (Wildman–Crippen MR) is 67.1 cm³/mol.